The molecule has 0 radical (unpaired) electrons. The standard InChI is InChI=1S/C15H13Br/c16-15-13(11-7-3-1-4-8-11)14(15)12-9-5-2-6-10-12/h1-10,13-15H. The lowest BCUT2D eigenvalue weighted by molar-refractivity contribution is 1.03. The van der Waals surface area contributed by atoms with Gasteiger partial charge in [0.1, 0.15) is 0 Å². The molecule has 1 heteroatoms. The molecular weight excluding hydrogens is 260 g/mol. The summed E-state index contributed by atoms with van der Waals surface area (Å²) in [6, 6.07) is 21.5. The van der Waals surface area contributed by atoms with E-state index in [0.29, 0.717) is 16.7 Å². The van der Waals surface area contributed by atoms with Crippen molar-refractivity contribution >= 4 is 15.9 Å². The fraction of sp³-hybridized carbons (Fsp3) is 0.200. The normalized spacial score (nSPS) is 27.7. The minimum atomic E-state index is 0.595. The fourth-order valence-electron chi connectivity index (χ4n) is 2.41. The number of halogens is 1. The first-order valence-electron chi connectivity index (χ1n) is 5.62. The summed E-state index contributed by atoms with van der Waals surface area (Å²) in [6.45, 7) is 0. The van der Waals surface area contributed by atoms with Gasteiger partial charge < -0.3 is 0 Å². The van der Waals surface area contributed by atoms with Gasteiger partial charge in [-0.15, -0.1) is 0 Å². The van der Waals surface area contributed by atoms with E-state index in [-0.39, 0.29) is 0 Å². The second kappa shape index (κ2) is 4.06. The molecular formula is C15H13Br. The summed E-state index contributed by atoms with van der Waals surface area (Å²) in [5.74, 6) is 1.28. The first kappa shape index (κ1) is 10.1. The van der Waals surface area contributed by atoms with Gasteiger partial charge in [0.25, 0.3) is 0 Å². The number of hydrogen-bond acceptors (Lipinski definition) is 0. The highest BCUT2D eigenvalue weighted by atomic mass is 79.9. The van der Waals surface area contributed by atoms with E-state index in [1.54, 1.807) is 0 Å². The van der Waals surface area contributed by atoms with Crippen molar-refractivity contribution < 1.29 is 0 Å². The molecule has 1 fully saturated rings. The Hall–Kier alpha value is -1.08. The van der Waals surface area contributed by atoms with E-state index in [4.69, 9.17) is 0 Å². The minimum Gasteiger partial charge on any atom is -0.0877 e. The molecule has 16 heavy (non-hydrogen) atoms. The highest BCUT2D eigenvalue weighted by Gasteiger charge is 2.49. The lowest BCUT2D eigenvalue weighted by Gasteiger charge is -1.99. The Labute approximate surface area is 104 Å². The lowest BCUT2D eigenvalue weighted by Crippen LogP contribution is -1.82. The molecule has 80 valence electrons. The van der Waals surface area contributed by atoms with Gasteiger partial charge in [0.05, 0.1) is 0 Å². The zero-order chi connectivity index (χ0) is 11.0. The molecule has 0 spiro atoms. The Bertz CT molecular complexity index is 418. The summed E-state index contributed by atoms with van der Waals surface area (Å²) < 4.78 is 0. The summed E-state index contributed by atoms with van der Waals surface area (Å²) in [5, 5.41) is 0. The number of rotatable bonds is 2. The molecule has 0 saturated heterocycles. The first-order valence-corrected chi connectivity index (χ1v) is 6.53. The zero-order valence-corrected chi connectivity index (χ0v) is 10.5. The molecule has 0 heterocycles. The highest BCUT2D eigenvalue weighted by Crippen LogP contribution is 2.59. The van der Waals surface area contributed by atoms with E-state index in [2.05, 4.69) is 76.6 Å². The molecule has 0 amide bonds. The van der Waals surface area contributed by atoms with Crippen LogP contribution in [0.25, 0.3) is 0 Å². The molecule has 1 aliphatic rings. The third-order valence-electron chi connectivity index (χ3n) is 3.30. The average molecular weight is 273 g/mol. The van der Waals surface area contributed by atoms with Crippen LogP contribution in [0.4, 0.5) is 0 Å². The Morgan fingerprint density at radius 1 is 0.625 bits per heavy atom. The van der Waals surface area contributed by atoms with Crippen molar-refractivity contribution in [3.8, 4) is 0 Å². The van der Waals surface area contributed by atoms with E-state index in [1.165, 1.54) is 11.1 Å². The maximum atomic E-state index is 3.79. The Kier molecular flexibility index (Phi) is 2.56. The van der Waals surface area contributed by atoms with Crippen LogP contribution >= 0.6 is 15.9 Å². The van der Waals surface area contributed by atoms with Gasteiger partial charge in [0.2, 0.25) is 0 Å². The van der Waals surface area contributed by atoms with Crippen LogP contribution in [0, 0.1) is 0 Å². The highest BCUT2D eigenvalue weighted by molar-refractivity contribution is 9.09. The van der Waals surface area contributed by atoms with Gasteiger partial charge in [0, 0.05) is 16.7 Å². The summed E-state index contributed by atoms with van der Waals surface area (Å²) in [4.78, 5) is 0.595. The molecule has 0 N–H and O–H groups in total. The Balaban J connectivity index is 1.87. The predicted octanol–water partition coefficient (Wildman–Crippen LogP) is 4.33. The molecule has 0 aliphatic heterocycles. The van der Waals surface area contributed by atoms with E-state index < -0.39 is 0 Å². The van der Waals surface area contributed by atoms with Crippen LogP contribution in [-0.4, -0.2) is 4.83 Å². The Morgan fingerprint density at radius 2 is 1.00 bits per heavy atom. The summed E-state index contributed by atoms with van der Waals surface area (Å²) in [5.41, 5.74) is 2.89. The Morgan fingerprint density at radius 3 is 1.38 bits per heavy atom. The third-order valence-corrected chi connectivity index (χ3v) is 4.44. The van der Waals surface area contributed by atoms with Crippen LogP contribution in [0.2, 0.25) is 0 Å². The van der Waals surface area contributed by atoms with Crippen molar-refractivity contribution in [2.45, 2.75) is 16.7 Å². The van der Waals surface area contributed by atoms with Gasteiger partial charge in [-0.1, -0.05) is 76.6 Å². The zero-order valence-electron chi connectivity index (χ0n) is 8.88. The third kappa shape index (κ3) is 1.69. The van der Waals surface area contributed by atoms with Crippen LogP contribution in [0.3, 0.4) is 0 Å². The molecule has 2 unspecified atom stereocenters. The van der Waals surface area contributed by atoms with E-state index in [0.717, 1.165) is 0 Å². The number of hydrogen-bond donors (Lipinski definition) is 0. The fourth-order valence-corrected chi connectivity index (χ4v) is 3.50. The predicted molar refractivity (Wildman–Crippen MR) is 71.1 cm³/mol. The lowest BCUT2D eigenvalue weighted by atomic mass is 10.0. The quantitative estimate of drug-likeness (QED) is 0.714. The summed E-state index contributed by atoms with van der Waals surface area (Å²) >= 11 is 3.79. The summed E-state index contributed by atoms with van der Waals surface area (Å²) in [6.07, 6.45) is 0. The van der Waals surface area contributed by atoms with Gasteiger partial charge in [-0.2, -0.15) is 0 Å². The molecule has 3 rings (SSSR count). The van der Waals surface area contributed by atoms with Crippen LogP contribution in [0.5, 0.6) is 0 Å². The van der Waals surface area contributed by atoms with E-state index >= 15 is 0 Å². The van der Waals surface area contributed by atoms with Crippen molar-refractivity contribution in [1.82, 2.24) is 0 Å². The maximum absolute atomic E-state index is 3.79. The average Bonchev–Trinajstić information content (AvgIpc) is 3.03. The van der Waals surface area contributed by atoms with Gasteiger partial charge in [-0.25, -0.2) is 0 Å². The maximum Gasteiger partial charge on any atom is 0.0295 e. The smallest absolute Gasteiger partial charge is 0.0295 e. The molecule has 2 aromatic carbocycles. The number of alkyl halides is 1. The van der Waals surface area contributed by atoms with Crippen LogP contribution in [0.1, 0.15) is 23.0 Å². The largest absolute Gasteiger partial charge is 0.0877 e. The number of benzene rings is 2. The van der Waals surface area contributed by atoms with Gasteiger partial charge in [-0.3, -0.25) is 0 Å². The van der Waals surface area contributed by atoms with Crippen LogP contribution in [0.15, 0.2) is 60.7 Å². The van der Waals surface area contributed by atoms with Crippen molar-refractivity contribution in [1.29, 1.82) is 0 Å². The van der Waals surface area contributed by atoms with Crippen LogP contribution in [-0.2, 0) is 0 Å². The van der Waals surface area contributed by atoms with Crippen molar-refractivity contribution in [2.75, 3.05) is 0 Å². The molecule has 2 atom stereocenters. The van der Waals surface area contributed by atoms with Crippen LogP contribution < -0.4 is 0 Å². The van der Waals surface area contributed by atoms with E-state index in [1.807, 2.05) is 0 Å². The van der Waals surface area contributed by atoms with Gasteiger partial charge in [0.15, 0.2) is 0 Å². The molecule has 1 aliphatic carbocycles. The minimum absolute atomic E-state index is 0.595. The molecule has 0 nitrogen and oxygen atoms in total. The van der Waals surface area contributed by atoms with Gasteiger partial charge >= 0.3 is 0 Å². The van der Waals surface area contributed by atoms with E-state index in [9.17, 15) is 0 Å². The SMILES string of the molecule is BrC1C(c2ccccc2)C1c1ccccc1. The van der Waals surface area contributed by atoms with Gasteiger partial charge in [-0.05, 0) is 11.1 Å². The topological polar surface area (TPSA) is 0 Å². The first-order chi connectivity index (χ1) is 7.88. The molecule has 0 aromatic heterocycles. The van der Waals surface area contributed by atoms with Crippen molar-refractivity contribution in [3.63, 3.8) is 0 Å². The van der Waals surface area contributed by atoms with Crippen molar-refractivity contribution in [2.24, 2.45) is 0 Å². The summed E-state index contributed by atoms with van der Waals surface area (Å²) in [7, 11) is 0. The molecule has 1 saturated carbocycles. The molecule has 0 bridgehead atoms. The second-order valence-electron chi connectivity index (χ2n) is 4.32. The molecule has 2 aromatic rings. The second-order valence-corrected chi connectivity index (χ2v) is 5.37. The van der Waals surface area contributed by atoms with Crippen molar-refractivity contribution in [3.05, 3.63) is 71.8 Å². The monoisotopic (exact) mass is 272 g/mol.